The Hall–Kier alpha value is -4.34. The van der Waals surface area contributed by atoms with Crippen LogP contribution in [0.25, 0.3) is 11.3 Å². The molecule has 2 aromatic heterocycles. The zero-order valence-electron chi connectivity index (χ0n) is 23.3. The number of nitrogens with zero attached hydrogens (tertiary/aromatic N) is 4. The van der Waals surface area contributed by atoms with E-state index in [0.29, 0.717) is 17.9 Å². The number of hydrogen-bond donors (Lipinski definition) is 2. The molecule has 1 saturated heterocycles. The van der Waals surface area contributed by atoms with Gasteiger partial charge in [-0.1, -0.05) is 19.9 Å². The first kappa shape index (κ1) is 26.9. The van der Waals surface area contributed by atoms with Gasteiger partial charge in [-0.25, -0.2) is 0 Å². The molecule has 41 heavy (non-hydrogen) atoms. The molecule has 3 aromatic rings. The Morgan fingerprint density at radius 2 is 1.85 bits per heavy atom. The van der Waals surface area contributed by atoms with Gasteiger partial charge in [0.1, 0.15) is 6.04 Å². The summed E-state index contributed by atoms with van der Waals surface area (Å²) in [4.78, 5) is 55.4. The van der Waals surface area contributed by atoms with Crippen LogP contribution >= 0.6 is 0 Å². The highest BCUT2D eigenvalue weighted by Gasteiger charge is 2.44. The SMILES string of the molecule is CC(C)c1cccc(-c2cnn([C@H]3C[C@H](CCCNc4ccc5c(c4)C(=O)N(C4CCC(=O)NC4=O)C5=O)C3)c2)n1. The fourth-order valence-corrected chi connectivity index (χ4v) is 5.96. The summed E-state index contributed by atoms with van der Waals surface area (Å²) in [5.41, 5.74) is 4.44. The molecule has 2 fully saturated rings. The van der Waals surface area contributed by atoms with Crippen LogP contribution in [0, 0.1) is 5.92 Å². The average Bonchev–Trinajstić information content (AvgIpc) is 3.51. The first-order valence-corrected chi connectivity index (χ1v) is 14.4. The third kappa shape index (κ3) is 5.26. The van der Waals surface area contributed by atoms with Crippen molar-refractivity contribution in [2.45, 2.75) is 70.4 Å². The van der Waals surface area contributed by atoms with Gasteiger partial charge in [-0.15, -0.1) is 0 Å². The van der Waals surface area contributed by atoms with Gasteiger partial charge in [0.25, 0.3) is 11.8 Å². The van der Waals surface area contributed by atoms with Crippen molar-refractivity contribution in [3.05, 3.63) is 65.6 Å². The van der Waals surface area contributed by atoms with Crippen LogP contribution < -0.4 is 10.6 Å². The summed E-state index contributed by atoms with van der Waals surface area (Å²) in [5.74, 6) is -0.935. The number of nitrogens with one attached hydrogen (secondary N) is 2. The van der Waals surface area contributed by atoms with Crippen LogP contribution in [-0.2, 0) is 9.59 Å². The van der Waals surface area contributed by atoms with Gasteiger partial charge in [0, 0.05) is 36.1 Å². The lowest BCUT2D eigenvalue weighted by Crippen LogP contribution is -2.54. The molecule has 0 bridgehead atoms. The molecule has 2 aliphatic heterocycles. The number of carbonyl (C=O) groups is 4. The Morgan fingerprint density at radius 3 is 2.63 bits per heavy atom. The Morgan fingerprint density at radius 1 is 1.05 bits per heavy atom. The number of hydrogen-bond acceptors (Lipinski definition) is 7. The van der Waals surface area contributed by atoms with Crippen LogP contribution in [0.5, 0.6) is 0 Å². The van der Waals surface area contributed by atoms with Crippen molar-refractivity contribution in [3.63, 3.8) is 0 Å². The van der Waals surface area contributed by atoms with E-state index in [-0.39, 0.29) is 29.9 Å². The van der Waals surface area contributed by atoms with Crippen LogP contribution in [0.15, 0.2) is 48.8 Å². The Bertz CT molecular complexity index is 1520. The van der Waals surface area contributed by atoms with E-state index in [1.165, 1.54) is 0 Å². The van der Waals surface area contributed by atoms with Crippen molar-refractivity contribution in [1.29, 1.82) is 0 Å². The van der Waals surface area contributed by atoms with Gasteiger partial charge in [-0.3, -0.25) is 39.1 Å². The number of fused-ring (bicyclic) bond motifs is 1. The van der Waals surface area contributed by atoms with Crippen molar-refractivity contribution >= 4 is 29.3 Å². The van der Waals surface area contributed by atoms with E-state index in [0.717, 1.165) is 59.8 Å². The summed E-state index contributed by atoms with van der Waals surface area (Å²) in [6, 6.07) is 10.7. The highest BCUT2D eigenvalue weighted by Crippen LogP contribution is 2.40. The minimum atomic E-state index is -0.955. The number of amides is 4. The van der Waals surface area contributed by atoms with E-state index in [4.69, 9.17) is 4.98 Å². The topological polar surface area (TPSA) is 126 Å². The largest absolute Gasteiger partial charge is 0.385 e. The van der Waals surface area contributed by atoms with Crippen LogP contribution in [0.3, 0.4) is 0 Å². The second kappa shape index (κ2) is 10.9. The molecule has 4 amide bonds. The van der Waals surface area contributed by atoms with Gasteiger partial charge in [-0.2, -0.15) is 5.10 Å². The molecule has 2 N–H and O–H groups in total. The molecular weight excluding hydrogens is 520 g/mol. The molecule has 1 aliphatic carbocycles. The maximum Gasteiger partial charge on any atom is 0.262 e. The maximum absolute atomic E-state index is 13.0. The number of piperidine rings is 1. The van der Waals surface area contributed by atoms with Crippen molar-refractivity contribution in [2.75, 3.05) is 11.9 Å². The molecule has 1 aromatic carbocycles. The minimum Gasteiger partial charge on any atom is -0.385 e. The normalized spacial score (nSPS) is 22.1. The van der Waals surface area contributed by atoms with E-state index >= 15 is 0 Å². The van der Waals surface area contributed by atoms with E-state index in [2.05, 4.69) is 52.6 Å². The number of anilines is 1. The van der Waals surface area contributed by atoms with Crippen molar-refractivity contribution in [3.8, 4) is 11.3 Å². The summed E-state index contributed by atoms with van der Waals surface area (Å²) in [5, 5.41) is 10.2. The number of rotatable bonds is 9. The molecule has 4 heterocycles. The van der Waals surface area contributed by atoms with Gasteiger partial charge in [0.15, 0.2) is 0 Å². The molecule has 1 saturated carbocycles. The quantitative estimate of drug-likeness (QED) is 0.298. The van der Waals surface area contributed by atoms with E-state index < -0.39 is 23.8 Å². The second-order valence-electron chi connectivity index (χ2n) is 11.6. The number of pyridine rings is 1. The molecule has 0 radical (unpaired) electrons. The third-order valence-electron chi connectivity index (χ3n) is 8.40. The van der Waals surface area contributed by atoms with E-state index in [9.17, 15) is 19.2 Å². The van der Waals surface area contributed by atoms with Crippen LogP contribution in [0.4, 0.5) is 5.69 Å². The molecule has 0 spiro atoms. The van der Waals surface area contributed by atoms with E-state index in [1.807, 2.05) is 12.3 Å². The molecule has 212 valence electrons. The van der Waals surface area contributed by atoms with Crippen LogP contribution in [0.2, 0.25) is 0 Å². The zero-order chi connectivity index (χ0) is 28.7. The smallest absolute Gasteiger partial charge is 0.262 e. The summed E-state index contributed by atoms with van der Waals surface area (Å²) in [7, 11) is 0. The van der Waals surface area contributed by atoms with Crippen molar-refractivity contribution in [2.24, 2.45) is 5.92 Å². The predicted molar refractivity (Wildman–Crippen MR) is 152 cm³/mol. The number of aromatic nitrogens is 3. The Labute approximate surface area is 238 Å². The number of imide groups is 2. The van der Waals surface area contributed by atoms with Gasteiger partial charge in [-0.05, 0) is 74.3 Å². The molecule has 10 nitrogen and oxygen atoms in total. The van der Waals surface area contributed by atoms with Gasteiger partial charge >= 0.3 is 0 Å². The molecule has 10 heteroatoms. The molecule has 1 unspecified atom stereocenters. The molecule has 6 rings (SSSR count). The van der Waals surface area contributed by atoms with Crippen LogP contribution in [-0.4, -0.2) is 55.9 Å². The maximum atomic E-state index is 13.0. The number of benzene rings is 1. The zero-order valence-corrected chi connectivity index (χ0v) is 23.3. The summed E-state index contributed by atoms with van der Waals surface area (Å²) in [6.45, 7) is 5.05. The van der Waals surface area contributed by atoms with Crippen molar-refractivity contribution < 1.29 is 19.2 Å². The monoisotopic (exact) mass is 554 g/mol. The standard InChI is InChI=1S/C31H34N6O4/c1-18(2)25-6-3-7-26(34-25)20-16-33-36(17-20)22-13-19(14-22)5-4-12-32-21-8-9-23-24(15-21)31(41)37(30(23)40)27-10-11-28(38)35-29(27)39/h3,6-9,15-19,22,27,32H,4-5,10-14H2,1-2H3,(H,35,38,39)/t19-,22-,27?. The second-order valence-corrected chi connectivity index (χ2v) is 11.6. The summed E-state index contributed by atoms with van der Waals surface area (Å²) >= 11 is 0. The molecule has 1 atom stereocenters. The third-order valence-corrected chi connectivity index (χ3v) is 8.40. The molecular formula is C31H34N6O4. The van der Waals surface area contributed by atoms with Gasteiger partial charge in [0.2, 0.25) is 11.8 Å². The lowest BCUT2D eigenvalue weighted by atomic mass is 9.77. The summed E-state index contributed by atoms with van der Waals surface area (Å²) in [6.07, 6.45) is 8.55. The first-order chi connectivity index (χ1) is 19.8. The van der Waals surface area contributed by atoms with Gasteiger partial charge in [0.05, 0.1) is 29.1 Å². The lowest BCUT2D eigenvalue weighted by molar-refractivity contribution is -0.136. The van der Waals surface area contributed by atoms with Gasteiger partial charge < -0.3 is 5.32 Å². The fourth-order valence-electron chi connectivity index (χ4n) is 5.96. The fraction of sp³-hybridized carbons (Fsp3) is 0.419. The molecule has 3 aliphatic rings. The van der Waals surface area contributed by atoms with Crippen LogP contribution in [0.1, 0.15) is 90.7 Å². The average molecular weight is 555 g/mol. The highest BCUT2D eigenvalue weighted by molar-refractivity contribution is 6.23. The first-order valence-electron chi connectivity index (χ1n) is 14.4. The lowest BCUT2D eigenvalue weighted by Gasteiger charge is -2.35. The number of carbonyl (C=O) groups excluding carboxylic acids is 4. The Balaban J connectivity index is 0.971. The summed E-state index contributed by atoms with van der Waals surface area (Å²) < 4.78 is 2.08. The Kier molecular flexibility index (Phi) is 7.15. The van der Waals surface area contributed by atoms with Crippen molar-refractivity contribution in [1.82, 2.24) is 25.0 Å². The van der Waals surface area contributed by atoms with E-state index in [1.54, 1.807) is 18.2 Å². The minimum absolute atomic E-state index is 0.103. The predicted octanol–water partition coefficient (Wildman–Crippen LogP) is 4.31. The highest BCUT2D eigenvalue weighted by atomic mass is 16.2.